The van der Waals surface area contributed by atoms with E-state index in [1.54, 1.807) is 0 Å². The number of aliphatic hydroxyl groups is 1. The molecule has 0 rings (SSSR count). The van der Waals surface area contributed by atoms with Crippen molar-refractivity contribution in [1.82, 2.24) is 0 Å². The van der Waals surface area contributed by atoms with Crippen LogP contribution in [0.4, 0.5) is 4.79 Å². The molecule has 4 heteroatoms. The first-order valence-corrected chi connectivity index (χ1v) is 3.15. The quantitative estimate of drug-likeness (QED) is 0.594. The monoisotopic (exact) mass is 147 g/mol. The summed E-state index contributed by atoms with van der Waals surface area (Å²) in [5.74, 6) is 0.0949. The molecular weight excluding hydrogens is 134 g/mol. The molecule has 4 nitrogen and oxygen atoms in total. The lowest BCUT2D eigenvalue weighted by atomic mass is 10.1. The van der Waals surface area contributed by atoms with Crippen molar-refractivity contribution < 1.29 is 14.6 Å². The maximum Gasteiger partial charge on any atom is 0.404 e. The zero-order valence-electron chi connectivity index (χ0n) is 6.20. The molecule has 60 valence electrons. The number of hydrogen-bond donors (Lipinski definition) is 2. The van der Waals surface area contributed by atoms with Gasteiger partial charge >= 0.3 is 6.09 Å². The summed E-state index contributed by atoms with van der Waals surface area (Å²) in [4.78, 5) is 10.2. The standard InChI is InChI=1S/C6H13NO3/c1-4(2)5(3-8)10-6(7)9/h4-5,8H,3H2,1-2H3,(H2,7,9). The molecule has 1 atom stereocenters. The summed E-state index contributed by atoms with van der Waals surface area (Å²) in [5, 5.41) is 8.61. The highest BCUT2D eigenvalue weighted by Gasteiger charge is 2.14. The Bertz CT molecular complexity index is 114. The predicted molar refractivity (Wildman–Crippen MR) is 36.4 cm³/mol. The Hall–Kier alpha value is -0.770. The normalized spacial score (nSPS) is 13.2. The average Bonchev–Trinajstić information content (AvgIpc) is 1.81. The second-order valence-electron chi connectivity index (χ2n) is 2.40. The van der Waals surface area contributed by atoms with Crippen LogP contribution in [0.1, 0.15) is 13.8 Å². The van der Waals surface area contributed by atoms with E-state index in [0.29, 0.717) is 0 Å². The highest BCUT2D eigenvalue weighted by Crippen LogP contribution is 2.04. The zero-order valence-corrected chi connectivity index (χ0v) is 6.20. The van der Waals surface area contributed by atoms with Crippen LogP contribution >= 0.6 is 0 Å². The molecule has 0 heterocycles. The van der Waals surface area contributed by atoms with Gasteiger partial charge in [-0.2, -0.15) is 0 Å². The third-order valence-corrected chi connectivity index (χ3v) is 1.19. The second-order valence-corrected chi connectivity index (χ2v) is 2.40. The van der Waals surface area contributed by atoms with Gasteiger partial charge in [-0.05, 0) is 5.92 Å². The lowest BCUT2D eigenvalue weighted by molar-refractivity contribution is 0.0365. The van der Waals surface area contributed by atoms with Gasteiger partial charge in [-0.25, -0.2) is 4.79 Å². The molecule has 0 aromatic carbocycles. The molecule has 0 aromatic heterocycles. The minimum Gasteiger partial charge on any atom is -0.444 e. The molecular formula is C6H13NO3. The van der Waals surface area contributed by atoms with E-state index in [1.165, 1.54) is 0 Å². The number of carbonyl (C=O) groups excluding carboxylic acids is 1. The SMILES string of the molecule is CC(C)C(CO)OC(N)=O. The van der Waals surface area contributed by atoms with Gasteiger partial charge in [0.2, 0.25) is 0 Å². The summed E-state index contributed by atoms with van der Waals surface area (Å²) in [6.07, 6.45) is -1.31. The predicted octanol–water partition coefficient (Wildman–Crippen LogP) is 0.0986. The van der Waals surface area contributed by atoms with Gasteiger partial charge in [0.15, 0.2) is 0 Å². The number of amides is 1. The molecule has 3 N–H and O–H groups in total. The largest absolute Gasteiger partial charge is 0.444 e. The Kier molecular flexibility index (Phi) is 3.79. The van der Waals surface area contributed by atoms with Crippen molar-refractivity contribution in [1.29, 1.82) is 0 Å². The molecule has 1 amide bonds. The van der Waals surface area contributed by atoms with Gasteiger partial charge in [-0.15, -0.1) is 0 Å². The zero-order chi connectivity index (χ0) is 8.15. The van der Waals surface area contributed by atoms with Gasteiger partial charge in [-0.1, -0.05) is 13.8 Å². The molecule has 0 radical (unpaired) electrons. The third-order valence-electron chi connectivity index (χ3n) is 1.19. The summed E-state index contributed by atoms with van der Waals surface area (Å²) in [5.41, 5.74) is 4.73. The van der Waals surface area contributed by atoms with Crippen LogP contribution in [0.5, 0.6) is 0 Å². The molecule has 0 fully saturated rings. The molecule has 0 aromatic rings. The van der Waals surface area contributed by atoms with E-state index >= 15 is 0 Å². The third kappa shape index (κ3) is 3.29. The molecule has 0 aliphatic heterocycles. The minimum atomic E-state index is -0.840. The van der Waals surface area contributed by atoms with Crippen molar-refractivity contribution in [2.24, 2.45) is 11.7 Å². The second kappa shape index (κ2) is 4.11. The van der Waals surface area contributed by atoms with Gasteiger partial charge < -0.3 is 15.6 Å². The fourth-order valence-electron chi connectivity index (χ4n) is 0.533. The Labute approximate surface area is 60.0 Å². The lowest BCUT2D eigenvalue weighted by Crippen LogP contribution is -2.29. The minimum absolute atomic E-state index is 0.0949. The van der Waals surface area contributed by atoms with E-state index in [4.69, 9.17) is 10.8 Å². The van der Waals surface area contributed by atoms with Crippen molar-refractivity contribution in [3.05, 3.63) is 0 Å². The van der Waals surface area contributed by atoms with E-state index in [9.17, 15) is 4.79 Å². The Morgan fingerprint density at radius 3 is 2.30 bits per heavy atom. The van der Waals surface area contributed by atoms with Crippen LogP contribution in [0.3, 0.4) is 0 Å². The first-order chi connectivity index (χ1) is 4.57. The summed E-state index contributed by atoms with van der Waals surface area (Å²) >= 11 is 0. The van der Waals surface area contributed by atoms with Crippen molar-refractivity contribution >= 4 is 6.09 Å². The molecule has 0 saturated heterocycles. The number of carbonyl (C=O) groups is 1. The molecule has 0 aliphatic rings. The maximum absolute atomic E-state index is 10.2. The summed E-state index contributed by atoms with van der Waals surface area (Å²) < 4.78 is 4.55. The Morgan fingerprint density at radius 1 is 1.70 bits per heavy atom. The van der Waals surface area contributed by atoms with Crippen LogP contribution in [-0.4, -0.2) is 23.9 Å². The summed E-state index contributed by atoms with van der Waals surface area (Å²) in [6, 6.07) is 0. The van der Waals surface area contributed by atoms with Crippen molar-refractivity contribution in [2.45, 2.75) is 20.0 Å². The van der Waals surface area contributed by atoms with Crippen molar-refractivity contribution in [3.8, 4) is 0 Å². The van der Waals surface area contributed by atoms with E-state index < -0.39 is 12.2 Å². The summed E-state index contributed by atoms with van der Waals surface area (Å²) in [6.45, 7) is 3.49. The van der Waals surface area contributed by atoms with Crippen LogP contribution in [0, 0.1) is 5.92 Å². The van der Waals surface area contributed by atoms with Crippen molar-refractivity contribution in [2.75, 3.05) is 6.61 Å². The maximum atomic E-state index is 10.2. The van der Waals surface area contributed by atoms with Crippen LogP contribution in [0.15, 0.2) is 0 Å². The summed E-state index contributed by atoms with van der Waals surface area (Å²) in [7, 11) is 0. The van der Waals surface area contributed by atoms with Gasteiger partial charge in [0.25, 0.3) is 0 Å². The molecule has 0 aliphatic carbocycles. The number of rotatable bonds is 3. The number of primary amides is 1. The van der Waals surface area contributed by atoms with Crippen LogP contribution in [0.25, 0.3) is 0 Å². The molecule has 0 spiro atoms. The van der Waals surface area contributed by atoms with Crippen LogP contribution in [0.2, 0.25) is 0 Å². The fraction of sp³-hybridized carbons (Fsp3) is 0.833. The van der Waals surface area contributed by atoms with Crippen LogP contribution < -0.4 is 5.73 Å². The van der Waals surface area contributed by atoms with Crippen molar-refractivity contribution in [3.63, 3.8) is 0 Å². The molecule has 10 heavy (non-hydrogen) atoms. The fourth-order valence-corrected chi connectivity index (χ4v) is 0.533. The van der Waals surface area contributed by atoms with E-state index in [1.807, 2.05) is 13.8 Å². The highest BCUT2D eigenvalue weighted by atomic mass is 16.6. The molecule has 0 bridgehead atoms. The Morgan fingerprint density at radius 2 is 2.20 bits per heavy atom. The van der Waals surface area contributed by atoms with E-state index in [0.717, 1.165) is 0 Å². The molecule has 1 unspecified atom stereocenters. The van der Waals surface area contributed by atoms with Gasteiger partial charge in [0.05, 0.1) is 6.61 Å². The smallest absolute Gasteiger partial charge is 0.404 e. The number of hydrogen-bond acceptors (Lipinski definition) is 3. The van der Waals surface area contributed by atoms with Crippen LogP contribution in [-0.2, 0) is 4.74 Å². The van der Waals surface area contributed by atoms with E-state index in [2.05, 4.69) is 4.74 Å². The number of aliphatic hydroxyl groups excluding tert-OH is 1. The highest BCUT2D eigenvalue weighted by molar-refractivity contribution is 5.64. The Balaban J connectivity index is 3.71. The number of nitrogens with two attached hydrogens (primary N) is 1. The van der Waals surface area contributed by atoms with Gasteiger partial charge in [0, 0.05) is 0 Å². The topological polar surface area (TPSA) is 72.6 Å². The van der Waals surface area contributed by atoms with Gasteiger partial charge in [0.1, 0.15) is 6.10 Å². The molecule has 0 saturated carbocycles. The first-order valence-electron chi connectivity index (χ1n) is 3.15. The average molecular weight is 147 g/mol. The number of ether oxygens (including phenoxy) is 1. The van der Waals surface area contributed by atoms with Gasteiger partial charge in [-0.3, -0.25) is 0 Å². The van der Waals surface area contributed by atoms with E-state index in [-0.39, 0.29) is 12.5 Å². The lowest BCUT2D eigenvalue weighted by Gasteiger charge is -2.16. The first kappa shape index (κ1) is 9.23.